The average molecular weight is 287 g/mol. The highest BCUT2D eigenvalue weighted by Crippen LogP contribution is 2.39. The maximum atomic E-state index is 5.54. The Balaban J connectivity index is 1.65. The summed E-state index contributed by atoms with van der Waals surface area (Å²) in [5, 5.41) is 8.11. The molecule has 0 spiro atoms. The van der Waals surface area contributed by atoms with Crippen LogP contribution in [0.15, 0.2) is 28.8 Å². The molecule has 1 aromatic heterocycles. The van der Waals surface area contributed by atoms with Gasteiger partial charge in [0.1, 0.15) is 6.04 Å². The molecule has 3 heterocycles. The zero-order valence-electron chi connectivity index (χ0n) is 11.2. The average Bonchev–Trinajstić information content (AvgIpc) is 3.17. The molecule has 1 fully saturated rings. The number of rotatable bonds is 2. The molecule has 0 saturated carbocycles. The van der Waals surface area contributed by atoms with E-state index in [1.54, 1.807) is 0 Å². The van der Waals surface area contributed by atoms with Crippen LogP contribution in [0.2, 0.25) is 0 Å². The minimum Gasteiger partial charge on any atom is -0.337 e. The van der Waals surface area contributed by atoms with Crippen LogP contribution in [-0.2, 0) is 6.42 Å². The predicted molar refractivity (Wildman–Crippen MR) is 78.7 cm³/mol. The molecule has 0 aliphatic carbocycles. The molecular weight excluding hydrogens is 270 g/mol. The Morgan fingerprint density at radius 1 is 1.30 bits per heavy atom. The van der Waals surface area contributed by atoms with E-state index in [0.717, 1.165) is 18.8 Å². The lowest BCUT2D eigenvalue weighted by Gasteiger charge is -2.23. The molecule has 2 unspecified atom stereocenters. The fraction of sp³-hybridized carbons (Fsp3) is 0.467. The number of benzene rings is 1. The topological polar surface area (TPSA) is 51.0 Å². The molecule has 5 heteroatoms. The molecule has 0 amide bonds. The van der Waals surface area contributed by atoms with E-state index in [1.165, 1.54) is 29.7 Å². The fourth-order valence-corrected chi connectivity index (χ4v) is 4.20. The van der Waals surface area contributed by atoms with Gasteiger partial charge in [-0.3, -0.25) is 0 Å². The van der Waals surface area contributed by atoms with Crippen LogP contribution in [0.4, 0.5) is 0 Å². The van der Waals surface area contributed by atoms with Gasteiger partial charge in [-0.2, -0.15) is 16.7 Å². The van der Waals surface area contributed by atoms with E-state index in [1.807, 2.05) is 11.8 Å². The lowest BCUT2D eigenvalue weighted by molar-refractivity contribution is 0.340. The Morgan fingerprint density at radius 3 is 3.15 bits per heavy atom. The third kappa shape index (κ3) is 2.15. The third-order valence-electron chi connectivity index (χ3n) is 4.03. The van der Waals surface area contributed by atoms with Crippen LogP contribution in [0.1, 0.15) is 47.0 Å². The second-order valence-corrected chi connectivity index (χ2v) is 6.64. The van der Waals surface area contributed by atoms with Crippen molar-refractivity contribution in [3.63, 3.8) is 0 Å². The Hall–Kier alpha value is -1.33. The van der Waals surface area contributed by atoms with Crippen molar-refractivity contribution in [2.75, 3.05) is 12.3 Å². The summed E-state index contributed by atoms with van der Waals surface area (Å²) < 4.78 is 5.54. The van der Waals surface area contributed by atoms with Crippen LogP contribution < -0.4 is 5.32 Å². The summed E-state index contributed by atoms with van der Waals surface area (Å²) in [4.78, 5) is 4.65. The van der Waals surface area contributed by atoms with Gasteiger partial charge in [0.2, 0.25) is 5.89 Å². The summed E-state index contributed by atoms with van der Waals surface area (Å²) in [6.45, 7) is 0.956. The molecule has 4 nitrogen and oxygen atoms in total. The molecule has 2 aromatic rings. The number of hydrogen-bond acceptors (Lipinski definition) is 5. The minimum atomic E-state index is 0.0487. The van der Waals surface area contributed by atoms with Crippen molar-refractivity contribution in [1.29, 1.82) is 0 Å². The number of fused-ring (bicyclic) bond motifs is 1. The van der Waals surface area contributed by atoms with Crippen LogP contribution in [-0.4, -0.2) is 22.4 Å². The van der Waals surface area contributed by atoms with Gasteiger partial charge >= 0.3 is 0 Å². The summed E-state index contributed by atoms with van der Waals surface area (Å²) in [5.41, 5.74) is 2.65. The lowest BCUT2D eigenvalue weighted by Crippen LogP contribution is -2.30. The second-order valence-electron chi connectivity index (χ2n) is 5.33. The van der Waals surface area contributed by atoms with Crippen molar-refractivity contribution in [1.82, 2.24) is 15.5 Å². The number of nitrogens with zero attached hydrogens (tertiary/aromatic N) is 2. The summed E-state index contributed by atoms with van der Waals surface area (Å²) in [6.07, 6.45) is 3.48. The van der Waals surface area contributed by atoms with Crippen LogP contribution >= 0.6 is 11.8 Å². The van der Waals surface area contributed by atoms with Gasteiger partial charge in [0.05, 0.1) is 5.25 Å². The molecule has 0 radical (unpaired) electrons. The molecule has 104 valence electrons. The van der Waals surface area contributed by atoms with Gasteiger partial charge in [-0.1, -0.05) is 29.4 Å². The van der Waals surface area contributed by atoms with Crippen LogP contribution in [0.3, 0.4) is 0 Å². The Kier molecular flexibility index (Phi) is 3.24. The highest BCUT2D eigenvalue weighted by molar-refractivity contribution is 7.99. The first-order valence-electron chi connectivity index (χ1n) is 7.18. The first-order valence-corrected chi connectivity index (χ1v) is 8.23. The molecule has 20 heavy (non-hydrogen) atoms. The minimum absolute atomic E-state index is 0.0487. The predicted octanol–water partition coefficient (Wildman–Crippen LogP) is 2.87. The first kappa shape index (κ1) is 12.4. The molecular formula is C15H17N3OS. The maximum Gasteiger partial charge on any atom is 0.248 e. The largest absolute Gasteiger partial charge is 0.337 e. The normalized spacial score (nSPS) is 25.6. The van der Waals surface area contributed by atoms with Crippen molar-refractivity contribution < 1.29 is 4.52 Å². The van der Waals surface area contributed by atoms with E-state index in [-0.39, 0.29) is 6.04 Å². The fourth-order valence-electron chi connectivity index (χ4n) is 3.00. The van der Waals surface area contributed by atoms with Gasteiger partial charge in [-0.05, 0) is 36.1 Å². The Bertz CT molecular complexity index is 607. The van der Waals surface area contributed by atoms with E-state index in [4.69, 9.17) is 4.52 Å². The van der Waals surface area contributed by atoms with Gasteiger partial charge in [0.25, 0.3) is 0 Å². The number of hydrogen-bond donors (Lipinski definition) is 1. The highest BCUT2D eigenvalue weighted by atomic mass is 32.2. The van der Waals surface area contributed by atoms with Crippen molar-refractivity contribution in [2.45, 2.75) is 30.6 Å². The molecule has 2 aliphatic heterocycles. The Morgan fingerprint density at radius 2 is 2.25 bits per heavy atom. The SMILES string of the molecule is c1ccc2c(c1)CCNC2c1nc(C2CCCS2)no1. The molecule has 4 rings (SSSR count). The van der Waals surface area contributed by atoms with Gasteiger partial charge < -0.3 is 9.84 Å². The highest BCUT2D eigenvalue weighted by Gasteiger charge is 2.28. The second kappa shape index (κ2) is 5.22. The van der Waals surface area contributed by atoms with Gasteiger partial charge in [-0.25, -0.2) is 0 Å². The Labute approximate surface area is 122 Å². The van der Waals surface area contributed by atoms with Gasteiger partial charge in [0, 0.05) is 6.54 Å². The summed E-state index contributed by atoms with van der Waals surface area (Å²) in [5.74, 6) is 2.78. The quantitative estimate of drug-likeness (QED) is 0.920. The summed E-state index contributed by atoms with van der Waals surface area (Å²) in [7, 11) is 0. The van der Waals surface area contributed by atoms with Crippen molar-refractivity contribution in [3.8, 4) is 0 Å². The zero-order valence-corrected chi connectivity index (χ0v) is 12.0. The van der Waals surface area contributed by atoms with E-state index < -0.39 is 0 Å². The first-order chi connectivity index (χ1) is 9.92. The van der Waals surface area contributed by atoms with Gasteiger partial charge in [0.15, 0.2) is 5.82 Å². The van der Waals surface area contributed by atoms with Crippen LogP contribution in [0.25, 0.3) is 0 Å². The number of nitrogens with one attached hydrogen (secondary N) is 1. The summed E-state index contributed by atoms with van der Waals surface area (Å²) >= 11 is 1.94. The third-order valence-corrected chi connectivity index (χ3v) is 5.40. The van der Waals surface area contributed by atoms with E-state index in [9.17, 15) is 0 Å². The monoisotopic (exact) mass is 287 g/mol. The van der Waals surface area contributed by atoms with Crippen molar-refractivity contribution >= 4 is 11.8 Å². The lowest BCUT2D eigenvalue weighted by atomic mass is 9.94. The van der Waals surface area contributed by atoms with Crippen LogP contribution in [0.5, 0.6) is 0 Å². The van der Waals surface area contributed by atoms with Crippen molar-refractivity contribution in [2.24, 2.45) is 0 Å². The van der Waals surface area contributed by atoms with E-state index in [0.29, 0.717) is 11.1 Å². The standard InChI is InChI=1S/C15H17N3OS/c1-2-5-11-10(4-1)7-8-16-13(11)15-17-14(18-19-15)12-6-3-9-20-12/h1-2,4-5,12-13,16H,3,6-9H2. The van der Waals surface area contributed by atoms with E-state index in [2.05, 4.69) is 39.7 Å². The van der Waals surface area contributed by atoms with E-state index >= 15 is 0 Å². The maximum absolute atomic E-state index is 5.54. The molecule has 1 saturated heterocycles. The number of thioether (sulfide) groups is 1. The molecule has 2 atom stereocenters. The zero-order chi connectivity index (χ0) is 13.4. The van der Waals surface area contributed by atoms with Gasteiger partial charge in [-0.15, -0.1) is 0 Å². The molecule has 1 aromatic carbocycles. The van der Waals surface area contributed by atoms with Crippen LogP contribution in [0, 0.1) is 0 Å². The molecule has 0 bridgehead atoms. The van der Waals surface area contributed by atoms with Crippen molar-refractivity contribution in [3.05, 3.63) is 47.1 Å². The molecule has 2 aliphatic rings. The smallest absolute Gasteiger partial charge is 0.248 e. The summed E-state index contributed by atoms with van der Waals surface area (Å²) in [6, 6.07) is 8.55. The number of aromatic nitrogens is 2. The molecule has 1 N–H and O–H groups in total.